The van der Waals surface area contributed by atoms with Crippen molar-refractivity contribution < 1.29 is 4.39 Å². The number of aromatic nitrogens is 4. The van der Waals surface area contributed by atoms with Crippen LogP contribution in [0.5, 0.6) is 0 Å². The average Bonchev–Trinajstić information content (AvgIpc) is 2.91. The van der Waals surface area contributed by atoms with Crippen LogP contribution >= 0.6 is 11.8 Å². The SMILES string of the molecule is CSc1nnc(C(C)C)c2cnn(-c3ccc(F)cc3)c12. The molecule has 0 amide bonds. The summed E-state index contributed by atoms with van der Waals surface area (Å²) in [7, 11) is 0. The number of hydrogen-bond donors (Lipinski definition) is 0. The Morgan fingerprint density at radius 1 is 1.14 bits per heavy atom. The molecule has 0 aliphatic carbocycles. The molecule has 21 heavy (non-hydrogen) atoms. The van der Waals surface area contributed by atoms with Crippen molar-refractivity contribution in [2.75, 3.05) is 6.26 Å². The first-order valence-electron chi connectivity index (χ1n) is 6.66. The first-order valence-corrected chi connectivity index (χ1v) is 7.88. The summed E-state index contributed by atoms with van der Waals surface area (Å²) < 4.78 is 14.9. The largest absolute Gasteiger partial charge is 0.230 e. The van der Waals surface area contributed by atoms with E-state index >= 15 is 0 Å². The topological polar surface area (TPSA) is 43.6 Å². The van der Waals surface area contributed by atoms with Crippen molar-refractivity contribution in [2.45, 2.75) is 24.8 Å². The van der Waals surface area contributed by atoms with E-state index in [1.165, 1.54) is 23.9 Å². The van der Waals surface area contributed by atoms with Gasteiger partial charge in [0.2, 0.25) is 0 Å². The minimum atomic E-state index is -0.261. The summed E-state index contributed by atoms with van der Waals surface area (Å²) in [5.41, 5.74) is 2.66. The standard InChI is InChI=1S/C15H15FN4S/c1-9(2)13-12-8-17-20(11-6-4-10(16)5-7-11)14(12)15(21-3)19-18-13/h4-9H,1-3H3. The molecule has 4 nitrogen and oxygen atoms in total. The van der Waals surface area contributed by atoms with Gasteiger partial charge in [-0.1, -0.05) is 13.8 Å². The second-order valence-corrected chi connectivity index (χ2v) is 5.84. The van der Waals surface area contributed by atoms with E-state index in [0.29, 0.717) is 0 Å². The second-order valence-electron chi connectivity index (χ2n) is 5.04. The van der Waals surface area contributed by atoms with Crippen LogP contribution in [-0.4, -0.2) is 26.2 Å². The molecule has 0 saturated heterocycles. The molecular formula is C15H15FN4S. The lowest BCUT2D eigenvalue weighted by atomic mass is 10.1. The molecule has 0 fully saturated rings. The number of fused-ring (bicyclic) bond motifs is 1. The van der Waals surface area contributed by atoms with Gasteiger partial charge < -0.3 is 0 Å². The summed E-state index contributed by atoms with van der Waals surface area (Å²) in [6.45, 7) is 4.16. The number of hydrogen-bond acceptors (Lipinski definition) is 4. The fourth-order valence-electron chi connectivity index (χ4n) is 2.28. The van der Waals surface area contributed by atoms with Crippen molar-refractivity contribution in [3.05, 3.63) is 42.0 Å². The van der Waals surface area contributed by atoms with Crippen LogP contribution in [0.3, 0.4) is 0 Å². The maximum absolute atomic E-state index is 13.1. The highest BCUT2D eigenvalue weighted by molar-refractivity contribution is 7.98. The van der Waals surface area contributed by atoms with Crippen LogP contribution in [0.1, 0.15) is 25.5 Å². The van der Waals surface area contributed by atoms with Gasteiger partial charge in [0.05, 0.1) is 17.6 Å². The summed E-state index contributed by atoms with van der Waals surface area (Å²) >= 11 is 1.53. The van der Waals surface area contributed by atoms with E-state index in [1.54, 1.807) is 16.8 Å². The summed E-state index contributed by atoms with van der Waals surface area (Å²) in [6, 6.07) is 6.28. The summed E-state index contributed by atoms with van der Waals surface area (Å²) in [5, 5.41) is 14.9. The average molecular weight is 302 g/mol. The Labute approximate surface area is 126 Å². The summed E-state index contributed by atoms with van der Waals surface area (Å²) in [4.78, 5) is 0. The van der Waals surface area contributed by atoms with Gasteiger partial charge in [-0.15, -0.1) is 16.9 Å². The molecule has 1 aromatic carbocycles. The predicted octanol–water partition coefficient (Wildman–Crippen LogP) is 3.80. The van der Waals surface area contributed by atoms with E-state index in [1.807, 2.05) is 12.5 Å². The Bertz CT molecular complexity index is 780. The molecule has 3 rings (SSSR count). The normalized spacial score (nSPS) is 11.5. The van der Waals surface area contributed by atoms with Gasteiger partial charge in [-0.05, 0) is 36.4 Å². The van der Waals surface area contributed by atoms with Crippen LogP contribution in [0.2, 0.25) is 0 Å². The lowest BCUT2D eigenvalue weighted by Crippen LogP contribution is -2.02. The van der Waals surface area contributed by atoms with Gasteiger partial charge in [-0.25, -0.2) is 9.07 Å². The lowest BCUT2D eigenvalue weighted by molar-refractivity contribution is 0.627. The van der Waals surface area contributed by atoms with Crippen molar-refractivity contribution in [3.63, 3.8) is 0 Å². The van der Waals surface area contributed by atoms with E-state index < -0.39 is 0 Å². The molecule has 3 aromatic rings. The Balaban J connectivity index is 2.29. The number of halogens is 1. The maximum Gasteiger partial charge on any atom is 0.145 e. The molecule has 0 atom stereocenters. The van der Waals surface area contributed by atoms with Gasteiger partial charge in [0.15, 0.2) is 0 Å². The molecule has 6 heteroatoms. The third-order valence-corrected chi connectivity index (χ3v) is 3.97. The molecule has 108 valence electrons. The third kappa shape index (κ3) is 2.40. The molecule has 0 aliphatic rings. The zero-order valence-corrected chi connectivity index (χ0v) is 12.9. The van der Waals surface area contributed by atoms with Crippen LogP contribution in [0.25, 0.3) is 16.6 Å². The fraction of sp³-hybridized carbons (Fsp3) is 0.267. The highest BCUT2D eigenvalue weighted by atomic mass is 32.2. The molecule has 0 bridgehead atoms. The molecule has 0 saturated carbocycles. The molecule has 0 spiro atoms. The molecule has 0 radical (unpaired) electrons. The monoisotopic (exact) mass is 302 g/mol. The minimum absolute atomic E-state index is 0.261. The summed E-state index contributed by atoms with van der Waals surface area (Å²) in [6.07, 6.45) is 3.77. The highest BCUT2D eigenvalue weighted by Crippen LogP contribution is 2.30. The molecule has 2 heterocycles. The van der Waals surface area contributed by atoms with Gasteiger partial charge in [0.25, 0.3) is 0 Å². The molecule has 0 aliphatic heterocycles. The van der Waals surface area contributed by atoms with E-state index in [2.05, 4.69) is 29.1 Å². The zero-order valence-electron chi connectivity index (χ0n) is 12.0. The van der Waals surface area contributed by atoms with E-state index in [4.69, 9.17) is 0 Å². The van der Waals surface area contributed by atoms with Crippen LogP contribution in [-0.2, 0) is 0 Å². The first kappa shape index (κ1) is 14.0. The quantitative estimate of drug-likeness (QED) is 0.690. The van der Waals surface area contributed by atoms with Gasteiger partial charge in [-0.3, -0.25) is 0 Å². The molecular weight excluding hydrogens is 287 g/mol. The fourth-order valence-corrected chi connectivity index (χ4v) is 2.80. The molecule has 0 unspecified atom stereocenters. The van der Waals surface area contributed by atoms with Crippen molar-refractivity contribution in [2.24, 2.45) is 0 Å². The molecule has 2 aromatic heterocycles. The smallest absolute Gasteiger partial charge is 0.145 e. The second kappa shape index (κ2) is 5.44. The Morgan fingerprint density at radius 3 is 2.48 bits per heavy atom. The molecule has 0 N–H and O–H groups in total. The first-order chi connectivity index (χ1) is 10.1. The van der Waals surface area contributed by atoms with Crippen LogP contribution in [0.4, 0.5) is 4.39 Å². The number of thioether (sulfide) groups is 1. The Kier molecular flexibility index (Phi) is 3.63. The van der Waals surface area contributed by atoms with Crippen molar-refractivity contribution in [3.8, 4) is 5.69 Å². The minimum Gasteiger partial charge on any atom is -0.230 e. The number of benzene rings is 1. The van der Waals surface area contributed by atoms with Gasteiger partial charge in [-0.2, -0.15) is 10.2 Å². The van der Waals surface area contributed by atoms with Crippen LogP contribution < -0.4 is 0 Å². The van der Waals surface area contributed by atoms with Crippen molar-refractivity contribution in [1.29, 1.82) is 0 Å². The van der Waals surface area contributed by atoms with E-state index in [-0.39, 0.29) is 11.7 Å². The zero-order chi connectivity index (χ0) is 15.0. The van der Waals surface area contributed by atoms with Gasteiger partial charge in [0, 0.05) is 5.39 Å². The third-order valence-electron chi connectivity index (χ3n) is 3.31. The van der Waals surface area contributed by atoms with Gasteiger partial charge >= 0.3 is 0 Å². The number of rotatable bonds is 3. The highest BCUT2D eigenvalue weighted by Gasteiger charge is 2.17. The predicted molar refractivity (Wildman–Crippen MR) is 82.5 cm³/mol. The Morgan fingerprint density at radius 2 is 1.86 bits per heavy atom. The van der Waals surface area contributed by atoms with Crippen LogP contribution in [0.15, 0.2) is 35.5 Å². The van der Waals surface area contributed by atoms with Crippen molar-refractivity contribution in [1.82, 2.24) is 20.0 Å². The Hall–Kier alpha value is -1.95. The lowest BCUT2D eigenvalue weighted by Gasteiger charge is -2.09. The van der Waals surface area contributed by atoms with Crippen molar-refractivity contribution >= 4 is 22.7 Å². The van der Waals surface area contributed by atoms with Gasteiger partial charge in [0.1, 0.15) is 16.4 Å². The van der Waals surface area contributed by atoms with E-state index in [9.17, 15) is 4.39 Å². The van der Waals surface area contributed by atoms with E-state index in [0.717, 1.165) is 27.3 Å². The van der Waals surface area contributed by atoms with Crippen LogP contribution in [0, 0.1) is 5.82 Å². The maximum atomic E-state index is 13.1. The number of nitrogens with zero attached hydrogens (tertiary/aromatic N) is 4. The summed E-state index contributed by atoms with van der Waals surface area (Å²) in [5.74, 6) is 0.00439.